The van der Waals surface area contributed by atoms with E-state index in [-0.39, 0.29) is 0 Å². The van der Waals surface area contributed by atoms with Crippen molar-refractivity contribution in [1.29, 1.82) is 0 Å². The van der Waals surface area contributed by atoms with Crippen LogP contribution >= 0.6 is 0 Å². The molecule has 2 atom stereocenters. The van der Waals surface area contributed by atoms with Gasteiger partial charge in [0.05, 0.1) is 6.04 Å². The van der Waals surface area contributed by atoms with Crippen molar-refractivity contribution >= 4 is 10.9 Å². The third-order valence-corrected chi connectivity index (χ3v) is 6.55. The first-order chi connectivity index (χ1) is 14.1. The Bertz CT molecular complexity index is 1020. The van der Waals surface area contributed by atoms with Crippen LogP contribution in [0, 0.1) is 13.8 Å². The number of aliphatic hydroxyl groups is 1. The molecule has 0 unspecified atom stereocenters. The summed E-state index contributed by atoms with van der Waals surface area (Å²) in [6, 6.07) is 15.3. The third kappa shape index (κ3) is 3.45. The Kier molecular flexibility index (Phi) is 4.84. The average molecular weight is 391 g/mol. The number of ether oxygens (including phenoxy) is 1. The van der Waals surface area contributed by atoms with Crippen LogP contribution in [-0.4, -0.2) is 40.4 Å². The van der Waals surface area contributed by atoms with E-state index >= 15 is 0 Å². The molecular weight excluding hydrogens is 360 g/mol. The zero-order valence-electron chi connectivity index (χ0n) is 17.4. The van der Waals surface area contributed by atoms with E-state index in [9.17, 15) is 5.11 Å². The summed E-state index contributed by atoms with van der Waals surface area (Å²) in [5.74, 6) is 0.823. The maximum atomic E-state index is 10.7. The van der Waals surface area contributed by atoms with Gasteiger partial charge in [0.1, 0.15) is 18.5 Å². The fraction of sp³-hybridized carbons (Fsp3) is 0.440. The number of aromatic nitrogens is 1. The average Bonchev–Trinajstić information content (AvgIpc) is 3.04. The van der Waals surface area contributed by atoms with Crippen LogP contribution < -0.4 is 4.74 Å². The van der Waals surface area contributed by atoms with Crippen LogP contribution in [0.3, 0.4) is 0 Å². The number of rotatable bonds is 5. The van der Waals surface area contributed by atoms with Gasteiger partial charge in [-0.3, -0.25) is 4.90 Å². The molecule has 1 aliphatic carbocycles. The molecule has 1 aliphatic heterocycles. The van der Waals surface area contributed by atoms with Gasteiger partial charge in [0.25, 0.3) is 0 Å². The van der Waals surface area contributed by atoms with E-state index in [0.29, 0.717) is 19.2 Å². The standard InChI is InChI=1S/C25H30N2O2/c1-17-6-9-20(10-7-17)29-16-19(28)15-26-12-13-27-23-11-8-18(2)14-22(23)21-4-3-5-24(26)25(21)27/h6-11,14,19,24,28H,3-5,12-13,15-16H2,1-2H3/t19-,24-/m0/s1. The molecule has 0 radical (unpaired) electrons. The molecule has 1 aromatic heterocycles. The molecule has 3 aromatic rings. The normalized spacial score (nSPS) is 19.9. The van der Waals surface area contributed by atoms with E-state index in [1.807, 2.05) is 24.3 Å². The topological polar surface area (TPSA) is 37.6 Å². The van der Waals surface area contributed by atoms with Crippen molar-refractivity contribution < 1.29 is 9.84 Å². The van der Waals surface area contributed by atoms with Gasteiger partial charge >= 0.3 is 0 Å². The minimum Gasteiger partial charge on any atom is -0.491 e. The molecule has 0 amide bonds. The number of β-amino-alcohol motifs (C(OH)–C–C–N with tert-alkyl or cyclic N) is 1. The summed E-state index contributed by atoms with van der Waals surface area (Å²) in [5.41, 5.74) is 6.96. The largest absolute Gasteiger partial charge is 0.491 e. The van der Waals surface area contributed by atoms with Gasteiger partial charge < -0.3 is 14.4 Å². The molecule has 0 saturated heterocycles. The minimum atomic E-state index is -0.486. The molecule has 0 fully saturated rings. The van der Waals surface area contributed by atoms with E-state index in [1.165, 1.54) is 52.5 Å². The minimum absolute atomic E-state index is 0.335. The number of nitrogens with zero attached hydrogens (tertiary/aromatic N) is 2. The van der Waals surface area contributed by atoms with E-state index in [0.717, 1.165) is 18.8 Å². The molecule has 1 N–H and O–H groups in total. The highest BCUT2D eigenvalue weighted by molar-refractivity contribution is 5.87. The number of benzene rings is 2. The quantitative estimate of drug-likeness (QED) is 0.702. The number of hydrogen-bond acceptors (Lipinski definition) is 3. The van der Waals surface area contributed by atoms with Gasteiger partial charge in [-0.1, -0.05) is 29.3 Å². The molecule has 5 rings (SSSR count). The highest BCUT2D eigenvalue weighted by atomic mass is 16.5. The van der Waals surface area contributed by atoms with Crippen LogP contribution in [0.2, 0.25) is 0 Å². The Balaban J connectivity index is 1.33. The number of fused-ring (bicyclic) bond motifs is 3. The van der Waals surface area contributed by atoms with Crippen LogP contribution in [0.5, 0.6) is 5.75 Å². The fourth-order valence-corrected chi connectivity index (χ4v) is 5.16. The van der Waals surface area contributed by atoms with Crippen molar-refractivity contribution in [2.24, 2.45) is 0 Å². The second kappa shape index (κ2) is 7.51. The Labute approximate surface area is 172 Å². The number of hydrogen-bond donors (Lipinski definition) is 1. The van der Waals surface area contributed by atoms with Crippen molar-refractivity contribution in [3.8, 4) is 5.75 Å². The van der Waals surface area contributed by atoms with Crippen LogP contribution in [0.1, 0.15) is 41.3 Å². The lowest BCUT2D eigenvalue weighted by Gasteiger charge is -2.40. The Hall–Kier alpha value is -2.30. The molecule has 4 heteroatoms. The molecule has 0 saturated carbocycles. The van der Waals surface area contributed by atoms with Gasteiger partial charge in [-0.05, 0) is 62.9 Å². The second-order valence-electron chi connectivity index (χ2n) is 8.72. The van der Waals surface area contributed by atoms with Crippen molar-refractivity contribution in [3.63, 3.8) is 0 Å². The van der Waals surface area contributed by atoms with Gasteiger partial charge in [-0.25, -0.2) is 0 Å². The third-order valence-electron chi connectivity index (χ3n) is 6.55. The van der Waals surface area contributed by atoms with Gasteiger partial charge in [-0.2, -0.15) is 0 Å². The molecule has 2 aliphatic rings. The first-order valence-electron chi connectivity index (χ1n) is 10.8. The number of aryl methyl sites for hydroxylation is 3. The second-order valence-corrected chi connectivity index (χ2v) is 8.72. The predicted molar refractivity (Wildman–Crippen MR) is 117 cm³/mol. The van der Waals surface area contributed by atoms with Crippen molar-refractivity contribution in [2.75, 3.05) is 19.7 Å². The lowest BCUT2D eigenvalue weighted by molar-refractivity contribution is 0.0375. The summed E-state index contributed by atoms with van der Waals surface area (Å²) in [5, 5.41) is 12.1. The van der Waals surface area contributed by atoms with Gasteiger partial charge in [0.2, 0.25) is 0 Å². The molecule has 29 heavy (non-hydrogen) atoms. The summed E-state index contributed by atoms with van der Waals surface area (Å²) >= 11 is 0. The van der Waals surface area contributed by atoms with Crippen molar-refractivity contribution in [2.45, 2.75) is 51.8 Å². The maximum Gasteiger partial charge on any atom is 0.119 e. The molecule has 2 aromatic carbocycles. The molecule has 0 bridgehead atoms. The molecule has 152 valence electrons. The maximum absolute atomic E-state index is 10.7. The summed E-state index contributed by atoms with van der Waals surface area (Å²) in [7, 11) is 0. The molecule has 4 nitrogen and oxygen atoms in total. The Morgan fingerprint density at radius 1 is 1.07 bits per heavy atom. The summed E-state index contributed by atoms with van der Waals surface area (Å²) < 4.78 is 8.36. The van der Waals surface area contributed by atoms with Crippen molar-refractivity contribution in [1.82, 2.24) is 9.47 Å². The van der Waals surface area contributed by atoms with E-state index in [4.69, 9.17) is 4.74 Å². The molecule has 2 heterocycles. The van der Waals surface area contributed by atoms with Crippen LogP contribution in [0.25, 0.3) is 10.9 Å². The lowest BCUT2D eigenvalue weighted by Crippen LogP contribution is -2.44. The predicted octanol–water partition coefficient (Wildman–Crippen LogP) is 4.39. The first kappa shape index (κ1) is 18.7. The lowest BCUT2D eigenvalue weighted by atomic mass is 9.89. The van der Waals surface area contributed by atoms with Crippen LogP contribution in [-0.2, 0) is 13.0 Å². The first-order valence-corrected chi connectivity index (χ1v) is 10.8. The SMILES string of the molecule is Cc1ccc(OC[C@@H](O)CN2CCn3c4c(c5cc(C)ccc53)CCC[C@@H]42)cc1. The van der Waals surface area contributed by atoms with Gasteiger partial charge in [0.15, 0.2) is 0 Å². The summed E-state index contributed by atoms with van der Waals surface area (Å²) in [4.78, 5) is 2.48. The van der Waals surface area contributed by atoms with Gasteiger partial charge in [-0.15, -0.1) is 0 Å². The molecule has 0 spiro atoms. The molecular formula is C25H30N2O2. The zero-order chi connectivity index (χ0) is 20.0. The van der Waals surface area contributed by atoms with Crippen molar-refractivity contribution in [3.05, 3.63) is 64.8 Å². The Morgan fingerprint density at radius 2 is 1.86 bits per heavy atom. The monoisotopic (exact) mass is 390 g/mol. The van der Waals surface area contributed by atoms with E-state index < -0.39 is 6.10 Å². The summed E-state index contributed by atoms with van der Waals surface area (Å²) in [6.45, 7) is 7.22. The van der Waals surface area contributed by atoms with E-state index in [2.05, 4.69) is 41.5 Å². The highest BCUT2D eigenvalue weighted by Gasteiger charge is 2.35. The van der Waals surface area contributed by atoms with Crippen LogP contribution in [0.15, 0.2) is 42.5 Å². The van der Waals surface area contributed by atoms with E-state index in [1.54, 1.807) is 0 Å². The smallest absolute Gasteiger partial charge is 0.119 e. The number of aliphatic hydroxyl groups excluding tert-OH is 1. The Morgan fingerprint density at radius 3 is 2.69 bits per heavy atom. The zero-order valence-corrected chi connectivity index (χ0v) is 17.4. The highest BCUT2D eigenvalue weighted by Crippen LogP contribution is 2.42. The van der Waals surface area contributed by atoms with Gasteiger partial charge in [0, 0.05) is 36.2 Å². The fourth-order valence-electron chi connectivity index (χ4n) is 5.16. The summed E-state index contributed by atoms with van der Waals surface area (Å²) in [6.07, 6.45) is 3.08. The van der Waals surface area contributed by atoms with Crippen LogP contribution in [0.4, 0.5) is 0 Å².